The van der Waals surface area contributed by atoms with E-state index in [1.54, 1.807) is 11.3 Å². The molecule has 0 aliphatic heterocycles. The summed E-state index contributed by atoms with van der Waals surface area (Å²) >= 11 is 6.75. The Morgan fingerprint density at radius 3 is 2.80 bits per heavy atom. The number of benzene rings is 1. The zero-order chi connectivity index (χ0) is 14.1. The molecule has 5 heteroatoms. The van der Waals surface area contributed by atoms with Gasteiger partial charge >= 0.3 is 0 Å². The van der Waals surface area contributed by atoms with Crippen LogP contribution >= 0.6 is 38.6 Å². The quantitative estimate of drug-likeness (QED) is 0.595. The first kappa shape index (κ1) is 13.8. The number of alkyl halides is 1. The van der Waals surface area contributed by atoms with Gasteiger partial charge in [0.15, 0.2) is 0 Å². The highest BCUT2D eigenvalue weighted by molar-refractivity contribution is 9.09. The Bertz CT molecular complexity index is 731. The first-order chi connectivity index (χ1) is 9.65. The molecule has 2 heterocycles. The van der Waals surface area contributed by atoms with Crippen LogP contribution in [-0.4, -0.2) is 5.91 Å². The molecule has 0 saturated heterocycles. The summed E-state index contributed by atoms with van der Waals surface area (Å²) in [4.78, 5) is 13.3. The molecule has 1 aromatic carbocycles. The molecule has 3 rings (SSSR count). The van der Waals surface area contributed by atoms with Crippen LogP contribution in [0.3, 0.4) is 0 Å². The Kier molecular flexibility index (Phi) is 3.92. The van der Waals surface area contributed by atoms with E-state index in [4.69, 9.17) is 0 Å². The van der Waals surface area contributed by atoms with E-state index in [1.165, 1.54) is 20.7 Å². The standard InChI is InChI=1S/C15H12BrNOS2/c1-9(16)10-4-2-3-5-11(10)17-15(18)14-8-13-12(20-14)6-7-19-13/h2-9H,1H3,(H,17,18). The zero-order valence-corrected chi connectivity index (χ0v) is 13.9. The number of fused-ring (bicyclic) bond motifs is 1. The van der Waals surface area contributed by atoms with Crippen molar-refractivity contribution < 1.29 is 4.79 Å². The monoisotopic (exact) mass is 365 g/mol. The van der Waals surface area contributed by atoms with Crippen LogP contribution < -0.4 is 5.32 Å². The number of hydrogen-bond donors (Lipinski definition) is 1. The fourth-order valence-electron chi connectivity index (χ4n) is 2.02. The van der Waals surface area contributed by atoms with Crippen LogP contribution in [0.15, 0.2) is 41.8 Å². The second-order valence-electron chi connectivity index (χ2n) is 4.42. The minimum Gasteiger partial charge on any atom is -0.321 e. The molecule has 0 aliphatic rings. The molecular formula is C15H12BrNOS2. The summed E-state index contributed by atoms with van der Waals surface area (Å²) < 4.78 is 2.34. The molecule has 1 atom stereocenters. The number of nitrogens with one attached hydrogen (secondary N) is 1. The number of carbonyl (C=O) groups is 1. The van der Waals surface area contributed by atoms with Crippen molar-refractivity contribution in [2.24, 2.45) is 0 Å². The molecule has 0 fully saturated rings. The highest BCUT2D eigenvalue weighted by atomic mass is 79.9. The normalized spacial score (nSPS) is 12.5. The lowest BCUT2D eigenvalue weighted by Gasteiger charge is -2.11. The van der Waals surface area contributed by atoms with Crippen LogP contribution in [0.5, 0.6) is 0 Å². The summed E-state index contributed by atoms with van der Waals surface area (Å²) in [6, 6.07) is 11.9. The fraction of sp³-hybridized carbons (Fsp3) is 0.133. The van der Waals surface area contributed by atoms with Crippen LogP contribution in [0.25, 0.3) is 9.40 Å². The second kappa shape index (κ2) is 5.68. The SMILES string of the molecule is CC(Br)c1ccccc1NC(=O)c1cc2sccc2s1. The minimum absolute atomic E-state index is 0.0426. The van der Waals surface area contributed by atoms with Crippen LogP contribution in [0.1, 0.15) is 27.0 Å². The summed E-state index contributed by atoms with van der Waals surface area (Å²) in [5.41, 5.74) is 1.94. The third-order valence-electron chi connectivity index (χ3n) is 3.00. The number of thiophene rings is 2. The number of rotatable bonds is 3. The van der Waals surface area contributed by atoms with Gasteiger partial charge in [-0.15, -0.1) is 22.7 Å². The molecule has 2 nitrogen and oxygen atoms in total. The highest BCUT2D eigenvalue weighted by Gasteiger charge is 2.14. The van der Waals surface area contributed by atoms with Crippen LogP contribution in [0.4, 0.5) is 5.69 Å². The number of para-hydroxylation sites is 1. The molecular weight excluding hydrogens is 354 g/mol. The fourth-order valence-corrected chi connectivity index (χ4v) is 4.42. The molecule has 1 unspecified atom stereocenters. The molecule has 0 bridgehead atoms. The van der Waals surface area contributed by atoms with Crippen LogP contribution in [0.2, 0.25) is 0 Å². The van der Waals surface area contributed by atoms with Gasteiger partial charge in [0.25, 0.3) is 5.91 Å². The van der Waals surface area contributed by atoms with Gasteiger partial charge in [0.1, 0.15) is 0 Å². The van der Waals surface area contributed by atoms with Crippen LogP contribution in [-0.2, 0) is 0 Å². The summed E-state index contributed by atoms with van der Waals surface area (Å²) in [5.74, 6) is -0.0426. The lowest BCUT2D eigenvalue weighted by Crippen LogP contribution is -2.11. The van der Waals surface area contributed by atoms with E-state index in [0.717, 1.165) is 16.1 Å². The molecule has 20 heavy (non-hydrogen) atoms. The molecule has 0 saturated carbocycles. The first-order valence-corrected chi connectivity index (χ1v) is 8.77. The highest BCUT2D eigenvalue weighted by Crippen LogP contribution is 2.32. The molecule has 0 spiro atoms. The molecule has 0 radical (unpaired) electrons. The molecule has 3 aromatic rings. The summed E-state index contributed by atoms with van der Waals surface area (Å²) in [5, 5.41) is 5.05. The number of halogens is 1. The van der Waals surface area contributed by atoms with Gasteiger partial charge in [0, 0.05) is 19.9 Å². The number of hydrogen-bond acceptors (Lipinski definition) is 3. The van der Waals surface area contributed by atoms with Crippen molar-refractivity contribution in [3.63, 3.8) is 0 Å². The number of amides is 1. The maximum Gasteiger partial charge on any atom is 0.265 e. The molecule has 2 aromatic heterocycles. The average Bonchev–Trinajstić information content (AvgIpc) is 2.99. The lowest BCUT2D eigenvalue weighted by molar-refractivity contribution is 0.103. The maximum atomic E-state index is 12.3. The Morgan fingerprint density at radius 2 is 2.05 bits per heavy atom. The third kappa shape index (κ3) is 2.66. The van der Waals surface area contributed by atoms with Crippen molar-refractivity contribution in [2.75, 3.05) is 5.32 Å². The second-order valence-corrected chi connectivity index (χ2v) is 7.82. The van der Waals surface area contributed by atoms with E-state index in [2.05, 4.69) is 27.3 Å². The van der Waals surface area contributed by atoms with Gasteiger partial charge in [0.2, 0.25) is 0 Å². The number of anilines is 1. The van der Waals surface area contributed by atoms with E-state index in [-0.39, 0.29) is 10.7 Å². The van der Waals surface area contributed by atoms with Crippen molar-refractivity contribution in [3.8, 4) is 0 Å². The predicted molar refractivity (Wildman–Crippen MR) is 91.4 cm³/mol. The van der Waals surface area contributed by atoms with Gasteiger partial charge in [-0.25, -0.2) is 0 Å². The van der Waals surface area contributed by atoms with Crippen molar-refractivity contribution in [3.05, 3.63) is 52.2 Å². The molecule has 1 N–H and O–H groups in total. The molecule has 1 amide bonds. The van der Waals surface area contributed by atoms with Crippen molar-refractivity contribution in [1.82, 2.24) is 0 Å². The van der Waals surface area contributed by atoms with Crippen LogP contribution in [0, 0.1) is 0 Å². The van der Waals surface area contributed by atoms with E-state index >= 15 is 0 Å². The summed E-state index contributed by atoms with van der Waals surface area (Å²) in [6.07, 6.45) is 0. The topological polar surface area (TPSA) is 29.1 Å². The minimum atomic E-state index is -0.0426. The predicted octanol–water partition coefficient (Wildman–Crippen LogP) is 5.67. The van der Waals surface area contributed by atoms with Crippen molar-refractivity contribution >= 4 is 59.6 Å². The summed E-state index contributed by atoms with van der Waals surface area (Å²) in [6.45, 7) is 2.05. The summed E-state index contributed by atoms with van der Waals surface area (Å²) in [7, 11) is 0. The zero-order valence-electron chi connectivity index (χ0n) is 10.7. The van der Waals surface area contributed by atoms with E-state index in [1.807, 2.05) is 42.6 Å². The third-order valence-corrected chi connectivity index (χ3v) is 5.59. The first-order valence-electron chi connectivity index (χ1n) is 6.16. The Hall–Kier alpha value is -1.17. The Labute approximate surface area is 133 Å². The van der Waals surface area contributed by atoms with Gasteiger partial charge < -0.3 is 5.32 Å². The van der Waals surface area contributed by atoms with Gasteiger partial charge in [-0.3, -0.25) is 4.79 Å². The van der Waals surface area contributed by atoms with Gasteiger partial charge in [-0.2, -0.15) is 0 Å². The molecule has 0 aliphatic carbocycles. The Morgan fingerprint density at radius 1 is 1.25 bits per heavy atom. The van der Waals surface area contributed by atoms with Gasteiger partial charge in [-0.05, 0) is 36.1 Å². The number of carbonyl (C=O) groups excluding carboxylic acids is 1. The van der Waals surface area contributed by atoms with Crippen molar-refractivity contribution in [1.29, 1.82) is 0 Å². The van der Waals surface area contributed by atoms with Gasteiger partial charge in [0.05, 0.1) is 4.88 Å². The maximum absolute atomic E-state index is 12.3. The smallest absolute Gasteiger partial charge is 0.265 e. The van der Waals surface area contributed by atoms with E-state index < -0.39 is 0 Å². The van der Waals surface area contributed by atoms with E-state index in [0.29, 0.717) is 0 Å². The van der Waals surface area contributed by atoms with E-state index in [9.17, 15) is 4.79 Å². The molecule has 102 valence electrons. The van der Waals surface area contributed by atoms with Gasteiger partial charge in [-0.1, -0.05) is 34.1 Å². The lowest BCUT2D eigenvalue weighted by atomic mass is 10.1. The largest absolute Gasteiger partial charge is 0.321 e. The Balaban J connectivity index is 1.87. The van der Waals surface area contributed by atoms with Crippen molar-refractivity contribution in [2.45, 2.75) is 11.8 Å². The average molecular weight is 366 g/mol.